The summed E-state index contributed by atoms with van der Waals surface area (Å²) >= 11 is 0. The van der Waals surface area contributed by atoms with Crippen LogP contribution in [0.5, 0.6) is 0 Å². The van der Waals surface area contributed by atoms with Crippen LogP contribution in [-0.4, -0.2) is 42.2 Å². The average Bonchev–Trinajstić information content (AvgIpc) is 2.60. The SMILES string of the molecule is CC(C)NC(=O)c1cc(=O)[nH]c2ccc(S(=O)(=O)N3CCCCC3C)cc12. The fourth-order valence-corrected chi connectivity index (χ4v) is 5.21. The number of carbonyl (C=O) groups is 1. The number of sulfonamides is 1. The number of fused-ring (bicyclic) bond motifs is 1. The van der Waals surface area contributed by atoms with Gasteiger partial charge in [0.1, 0.15) is 0 Å². The van der Waals surface area contributed by atoms with Gasteiger partial charge in [-0.2, -0.15) is 4.31 Å². The van der Waals surface area contributed by atoms with E-state index in [1.807, 2.05) is 20.8 Å². The third-order valence-corrected chi connectivity index (χ3v) is 6.84. The summed E-state index contributed by atoms with van der Waals surface area (Å²) in [6.45, 7) is 6.05. The van der Waals surface area contributed by atoms with Crippen LogP contribution in [0.25, 0.3) is 10.9 Å². The van der Waals surface area contributed by atoms with Gasteiger partial charge in [0.05, 0.1) is 10.5 Å². The second-order valence-electron chi connectivity index (χ2n) is 7.34. The predicted molar refractivity (Wildman–Crippen MR) is 104 cm³/mol. The molecule has 1 amide bonds. The molecule has 7 nitrogen and oxygen atoms in total. The van der Waals surface area contributed by atoms with Crippen LogP contribution in [0.1, 0.15) is 50.4 Å². The molecule has 1 aromatic heterocycles. The minimum absolute atomic E-state index is 0.0567. The maximum absolute atomic E-state index is 13.1. The summed E-state index contributed by atoms with van der Waals surface area (Å²) in [5.41, 5.74) is 0.199. The van der Waals surface area contributed by atoms with E-state index in [0.717, 1.165) is 19.3 Å². The Kier molecular flexibility index (Phi) is 5.39. The number of piperidine rings is 1. The van der Waals surface area contributed by atoms with Gasteiger partial charge in [-0.1, -0.05) is 6.42 Å². The van der Waals surface area contributed by atoms with Gasteiger partial charge in [-0.3, -0.25) is 9.59 Å². The van der Waals surface area contributed by atoms with Crippen molar-refractivity contribution in [3.05, 3.63) is 40.2 Å². The molecule has 0 radical (unpaired) electrons. The summed E-state index contributed by atoms with van der Waals surface area (Å²) in [5, 5.41) is 3.17. The van der Waals surface area contributed by atoms with Crippen molar-refractivity contribution in [3.8, 4) is 0 Å². The van der Waals surface area contributed by atoms with Crippen LogP contribution >= 0.6 is 0 Å². The van der Waals surface area contributed by atoms with E-state index < -0.39 is 21.5 Å². The van der Waals surface area contributed by atoms with Gasteiger partial charge >= 0.3 is 0 Å². The summed E-state index contributed by atoms with van der Waals surface area (Å²) in [4.78, 5) is 27.2. The molecule has 2 heterocycles. The minimum atomic E-state index is -3.67. The molecule has 1 unspecified atom stereocenters. The van der Waals surface area contributed by atoms with E-state index in [0.29, 0.717) is 17.4 Å². The average molecular weight is 391 g/mol. The van der Waals surface area contributed by atoms with Gasteiger partial charge in [0, 0.05) is 35.6 Å². The van der Waals surface area contributed by atoms with Crippen LogP contribution in [0, 0.1) is 0 Å². The largest absolute Gasteiger partial charge is 0.350 e. The van der Waals surface area contributed by atoms with Gasteiger partial charge in [0.2, 0.25) is 15.6 Å². The first-order chi connectivity index (χ1) is 12.7. The van der Waals surface area contributed by atoms with Crippen molar-refractivity contribution < 1.29 is 13.2 Å². The van der Waals surface area contributed by atoms with Crippen LogP contribution in [0.2, 0.25) is 0 Å². The molecule has 1 aliphatic rings. The van der Waals surface area contributed by atoms with Crippen molar-refractivity contribution >= 4 is 26.8 Å². The van der Waals surface area contributed by atoms with Crippen molar-refractivity contribution in [3.63, 3.8) is 0 Å². The smallest absolute Gasteiger partial charge is 0.252 e. The maximum atomic E-state index is 13.1. The number of hydrogen-bond acceptors (Lipinski definition) is 4. The van der Waals surface area contributed by atoms with E-state index in [1.54, 1.807) is 6.07 Å². The molecule has 0 saturated carbocycles. The molecule has 1 aromatic carbocycles. The van der Waals surface area contributed by atoms with Crippen molar-refractivity contribution in [2.75, 3.05) is 6.54 Å². The summed E-state index contributed by atoms with van der Waals surface area (Å²) in [5.74, 6) is -0.401. The lowest BCUT2D eigenvalue weighted by Gasteiger charge is -2.32. The standard InChI is InChI=1S/C19H25N3O4S/c1-12(2)20-19(24)16-11-18(23)21-17-8-7-14(10-15(16)17)27(25,26)22-9-5-4-6-13(22)3/h7-8,10-13H,4-6,9H2,1-3H3,(H,20,24)(H,21,23). The molecule has 1 saturated heterocycles. The first-order valence-corrected chi connectivity index (χ1v) is 10.6. The number of pyridine rings is 1. The Labute approximate surface area is 158 Å². The second kappa shape index (κ2) is 7.44. The molecule has 1 atom stereocenters. The van der Waals surface area contributed by atoms with Gasteiger partial charge in [0.15, 0.2) is 0 Å². The normalized spacial score (nSPS) is 18.7. The Morgan fingerprint density at radius 1 is 1.26 bits per heavy atom. The zero-order valence-electron chi connectivity index (χ0n) is 15.8. The summed E-state index contributed by atoms with van der Waals surface area (Å²) < 4.78 is 27.8. The Bertz CT molecular complexity index is 1030. The zero-order valence-corrected chi connectivity index (χ0v) is 16.6. The Hall–Kier alpha value is -2.19. The topological polar surface area (TPSA) is 99.3 Å². The van der Waals surface area contributed by atoms with E-state index in [-0.39, 0.29) is 22.5 Å². The molecule has 2 N–H and O–H groups in total. The second-order valence-corrected chi connectivity index (χ2v) is 9.23. The van der Waals surface area contributed by atoms with Gasteiger partial charge in [-0.05, 0) is 51.8 Å². The molecule has 2 aromatic rings. The highest BCUT2D eigenvalue weighted by Gasteiger charge is 2.31. The Morgan fingerprint density at radius 3 is 2.67 bits per heavy atom. The van der Waals surface area contributed by atoms with E-state index in [1.165, 1.54) is 22.5 Å². The van der Waals surface area contributed by atoms with Gasteiger partial charge in [-0.15, -0.1) is 0 Å². The predicted octanol–water partition coefficient (Wildman–Crippen LogP) is 2.23. The van der Waals surface area contributed by atoms with Crippen LogP contribution in [-0.2, 0) is 10.0 Å². The fraction of sp³-hybridized carbons (Fsp3) is 0.474. The molecule has 3 rings (SSSR count). The number of nitrogens with zero attached hydrogens (tertiary/aromatic N) is 1. The van der Waals surface area contributed by atoms with E-state index in [9.17, 15) is 18.0 Å². The number of aromatic amines is 1. The van der Waals surface area contributed by atoms with Gasteiger partial charge in [-0.25, -0.2) is 8.42 Å². The number of benzene rings is 1. The van der Waals surface area contributed by atoms with Crippen molar-refractivity contribution in [1.29, 1.82) is 0 Å². The number of carbonyl (C=O) groups excluding carboxylic acids is 1. The van der Waals surface area contributed by atoms with E-state index in [4.69, 9.17) is 0 Å². The van der Waals surface area contributed by atoms with Gasteiger partial charge in [0.25, 0.3) is 5.91 Å². The molecular weight excluding hydrogens is 366 g/mol. The van der Waals surface area contributed by atoms with Crippen molar-refractivity contribution in [2.24, 2.45) is 0 Å². The molecule has 0 bridgehead atoms. The first-order valence-electron chi connectivity index (χ1n) is 9.20. The fourth-order valence-electron chi connectivity index (χ4n) is 3.49. The molecule has 8 heteroatoms. The van der Waals surface area contributed by atoms with Crippen LogP contribution in [0.4, 0.5) is 0 Å². The van der Waals surface area contributed by atoms with Crippen LogP contribution in [0.15, 0.2) is 34.0 Å². The number of aromatic nitrogens is 1. The van der Waals surface area contributed by atoms with Gasteiger partial charge < -0.3 is 10.3 Å². The molecule has 0 spiro atoms. The molecule has 27 heavy (non-hydrogen) atoms. The lowest BCUT2D eigenvalue weighted by molar-refractivity contribution is 0.0944. The summed E-state index contributed by atoms with van der Waals surface area (Å²) in [6.07, 6.45) is 2.69. The molecule has 1 aliphatic heterocycles. The number of rotatable bonds is 4. The molecule has 0 aliphatic carbocycles. The summed E-state index contributed by atoms with van der Waals surface area (Å²) in [6, 6.07) is 5.56. The van der Waals surface area contributed by atoms with E-state index >= 15 is 0 Å². The number of hydrogen-bond donors (Lipinski definition) is 2. The maximum Gasteiger partial charge on any atom is 0.252 e. The Balaban J connectivity index is 2.12. The minimum Gasteiger partial charge on any atom is -0.350 e. The number of amides is 1. The monoisotopic (exact) mass is 391 g/mol. The molecule has 1 fully saturated rings. The first kappa shape index (κ1) is 19.6. The zero-order chi connectivity index (χ0) is 19.8. The lowest BCUT2D eigenvalue weighted by Crippen LogP contribution is -2.41. The highest BCUT2D eigenvalue weighted by atomic mass is 32.2. The summed E-state index contributed by atoms with van der Waals surface area (Å²) in [7, 11) is -3.67. The Morgan fingerprint density at radius 2 is 2.00 bits per heavy atom. The van der Waals surface area contributed by atoms with Crippen molar-refractivity contribution in [2.45, 2.75) is 57.0 Å². The highest BCUT2D eigenvalue weighted by Crippen LogP contribution is 2.27. The van der Waals surface area contributed by atoms with Crippen LogP contribution in [0.3, 0.4) is 0 Å². The number of nitrogens with one attached hydrogen (secondary N) is 2. The van der Waals surface area contributed by atoms with Crippen molar-refractivity contribution in [1.82, 2.24) is 14.6 Å². The molecule has 146 valence electrons. The van der Waals surface area contributed by atoms with Crippen LogP contribution < -0.4 is 10.9 Å². The lowest BCUT2D eigenvalue weighted by atomic mass is 10.1. The highest BCUT2D eigenvalue weighted by molar-refractivity contribution is 7.89. The molecular formula is C19H25N3O4S. The third-order valence-electron chi connectivity index (χ3n) is 4.83. The third kappa shape index (κ3) is 3.91. The number of H-pyrrole nitrogens is 1. The van der Waals surface area contributed by atoms with E-state index in [2.05, 4.69) is 10.3 Å². The quantitative estimate of drug-likeness (QED) is 0.835.